The highest BCUT2D eigenvalue weighted by Gasteiger charge is 2.13. The highest BCUT2D eigenvalue weighted by Crippen LogP contribution is 2.28. The molecular formula is C13H12ClNO. The van der Waals surface area contributed by atoms with Crippen molar-refractivity contribution in [3.8, 4) is 0 Å². The van der Waals surface area contributed by atoms with Crippen LogP contribution in [0.1, 0.15) is 17.2 Å². The lowest BCUT2D eigenvalue weighted by Crippen LogP contribution is -2.01. The summed E-state index contributed by atoms with van der Waals surface area (Å²) in [6.07, 6.45) is -0.739. The summed E-state index contributed by atoms with van der Waals surface area (Å²) in [5.74, 6) is 0. The third-order valence-electron chi connectivity index (χ3n) is 2.43. The van der Waals surface area contributed by atoms with E-state index in [0.717, 1.165) is 5.56 Å². The number of hydrogen-bond donors (Lipinski definition) is 2. The second-order valence-corrected chi connectivity index (χ2v) is 4.00. The third kappa shape index (κ3) is 2.18. The maximum Gasteiger partial charge on any atom is 0.106 e. The van der Waals surface area contributed by atoms with Crippen molar-refractivity contribution in [1.29, 1.82) is 0 Å². The van der Waals surface area contributed by atoms with Crippen LogP contribution in [0, 0.1) is 0 Å². The molecule has 0 aromatic heterocycles. The second kappa shape index (κ2) is 4.56. The minimum atomic E-state index is -0.739. The molecule has 0 amide bonds. The fourth-order valence-corrected chi connectivity index (χ4v) is 1.84. The number of hydrogen-bond acceptors (Lipinski definition) is 2. The van der Waals surface area contributed by atoms with Crippen molar-refractivity contribution >= 4 is 17.3 Å². The Balaban J connectivity index is 2.39. The molecule has 0 saturated heterocycles. The van der Waals surface area contributed by atoms with Gasteiger partial charge in [0.2, 0.25) is 0 Å². The molecule has 0 fully saturated rings. The zero-order chi connectivity index (χ0) is 11.5. The molecule has 0 aliphatic heterocycles. The van der Waals surface area contributed by atoms with E-state index in [0.29, 0.717) is 16.3 Å². The Morgan fingerprint density at radius 2 is 1.81 bits per heavy atom. The zero-order valence-corrected chi connectivity index (χ0v) is 9.35. The first-order chi connectivity index (χ1) is 7.68. The molecule has 2 rings (SSSR count). The minimum Gasteiger partial charge on any atom is -0.399 e. The molecular weight excluding hydrogens is 222 g/mol. The standard InChI is InChI=1S/C13H12ClNO/c14-12-7-2-1-6-11(12)13(16)9-4-3-5-10(15)8-9/h1-8,13,16H,15H2. The fourth-order valence-electron chi connectivity index (χ4n) is 1.61. The first kappa shape index (κ1) is 11.0. The van der Waals surface area contributed by atoms with E-state index in [1.54, 1.807) is 24.3 Å². The Labute approximate surface area is 99.3 Å². The van der Waals surface area contributed by atoms with E-state index in [2.05, 4.69) is 0 Å². The fraction of sp³-hybridized carbons (Fsp3) is 0.0769. The first-order valence-electron chi connectivity index (χ1n) is 4.96. The van der Waals surface area contributed by atoms with Crippen molar-refractivity contribution < 1.29 is 5.11 Å². The molecule has 1 atom stereocenters. The normalized spacial score (nSPS) is 12.4. The van der Waals surface area contributed by atoms with E-state index in [-0.39, 0.29) is 0 Å². The van der Waals surface area contributed by atoms with Gasteiger partial charge in [-0.1, -0.05) is 41.9 Å². The molecule has 0 saturated carbocycles. The first-order valence-corrected chi connectivity index (χ1v) is 5.34. The van der Waals surface area contributed by atoms with Crippen LogP contribution in [0.3, 0.4) is 0 Å². The van der Waals surface area contributed by atoms with Crippen LogP contribution in [0.5, 0.6) is 0 Å². The Morgan fingerprint density at radius 1 is 1.06 bits per heavy atom. The van der Waals surface area contributed by atoms with Gasteiger partial charge in [0.25, 0.3) is 0 Å². The van der Waals surface area contributed by atoms with Gasteiger partial charge in [0, 0.05) is 16.3 Å². The van der Waals surface area contributed by atoms with Crippen molar-refractivity contribution in [1.82, 2.24) is 0 Å². The summed E-state index contributed by atoms with van der Waals surface area (Å²) < 4.78 is 0. The van der Waals surface area contributed by atoms with E-state index < -0.39 is 6.10 Å². The number of anilines is 1. The Morgan fingerprint density at radius 3 is 2.50 bits per heavy atom. The van der Waals surface area contributed by atoms with Gasteiger partial charge in [-0.25, -0.2) is 0 Å². The van der Waals surface area contributed by atoms with Crippen LogP contribution in [0.15, 0.2) is 48.5 Å². The van der Waals surface area contributed by atoms with Crippen molar-refractivity contribution in [3.05, 3.63) is 64.7 Å². The number of aliphatic hydroxyl groups is 1. The lowest BCUT2D eigenvalue weighted by Gasteiger charge is -2.13. The molecule has 2 nitrogen and oxygen atoms in total. The topological polar surface area (TPSA) is 46.2 Å². The molecule has 0 aliphatic rings. The van der Waals surface area contributed by atoms with Crippen molar-refractivity contribution in [2.75, 3.05) is 5.73 Å². The van der Waals surface area contributed by atoms with Gasteiger partial charge in [-0.15, -0.1) is 0 Å². The number of rotatable bonds is 2. The molecule has 3 heteroatoms. The van der Waals surface area contributed by atoms with Gasteiger partial charge in [0.15, 0.2) is 0 Å². The zero-order valence-electron chi connectivity index (χ0n) is 8.60. The predicted molar refractivity (Wildman–Crippen MR) is 66.4 cm³/mol. The number of benzene rings is 2. The van der Waals surface area contributed by atoms with E-state index >= 15 is 0 Å². The largest absolute Gasteiger partial charge is 0.399 e. The molecule has 0 heterocycles. The monoisotopic (exact) mass is 233 g/mol. The Hall–Kier alpha value is -1.51. The molecule has 2 aromatic rings. The lowest BCUT2D eigenvalue weighted by atomic mass is 10.0. The van der Waals surface area contributed by atoms with Gasteiger partial charge in [0.1, 0.15) is 6.10 Å². The predicted octanol–water partition coefficient (Wildman–Crippen LogP) is 3.00. The molecule has 0 radical (unpaired) electrons. The summed E-state index contributed by atoms with van der Waals surface area (Å²) in [7, 11) is 0. The number of nitrogen functional groups attached to an aromatic ring is 1. The van der Waals surface area contributed by atoms with E-state index in [4.69, 9.17) is 17.3 Å². The average molecular weight is 234 g/mol. The van der Waals surface area contributed by atoms with Crippen molar-refractivity contribution in [2.45, 2.75) is 6.10 Å². The number of aliphatic hydroxyl groups excluding tert-OH is 1. The minimum absolute atomic E-state index is 0.553. The van der Waals surface area contributed by atoms with Gasteiger partial charge >= 0.3 is 0 Å². The molecule has 0 spiro atoms. The summed E-state index contributed by atoms with van der Waals surface area (Å²) in [4.78, 5) is 0. The highest BCUT2D eigenvalue weighted by molar-refractivity contribution is 6.31. The van der Waals surface area contributed by atoms with Crippen LogP contribution in [0.4, 0.5) is 5.69 Å². The van der Waals surface area contributed by atoms with Crippen LogP contribution >= 0.6 is 11.6 Å². The maximum absolute atomic E-state index is 10.2. The summed E-state index contributed by atoms with van der Waals surface area (Å²) in [6, 6.07) is 14.4. The highest BCUT2D eigenvalue weighted by atomic mass is 35.5. The van der Waals surface area contributed by atoms with E-state index in [1.165, 1.54) is 0 Å². The van der Waals surface area contributed by atoms with Crippen molar-refractivity contribution in [3.63, 3.8) is 0 Å². The number of halogens is 1. The third-order valence-corrected chi connectivity index (χ3v) is 2.77. The van der Waals surface area contributed by atoms with Gasteiger partial charge < -0.3 is 10.8 Å². The summed E-state index contributed by atoms with van der Waals surface area (Å²) in [5.41, 5.74) is 7.73. The molecule has 2 aromatic carbocycles. The maximum atomic E-state index is 10.2. The average Bonchev–Trinajstić information content (AvgIpc) is 2.29. The quantitative estimate of drug-likeness (QED) is 0.784. The lowest BCUT2D eigenvalue weighted by molar-refractivity contribution is 0.220. The van der Waals surface area contributed by atoms with E-state index in [9.17, 15) is 5.11 Å². The summed E-state index contributed by atoms with van der Waals surface area (Å²) >= 11 is 6.02. The molecule has 16 heavy (non-hydrogen) atoms. The van der Waals surface area contributed by atoms with Crippen molar-refractivity contribution in [2.24, 2.45) is 0 Å². The smallest absolute Gasteiger partial charge is 0.106 e. The Bertz CT molecular complexity index is 499. The second-order valence-electron chi connectivity index (χ2n) is 3.59. The summed E-state index contributed by atoms with van der Waals surface area (Å²) in [5, 5.41) is 10.7. The van der Waals surface area contributed by atoms with Gasteiger partial charge in [-0.3, -0.25) is 0 Å². The molecule has 82 valence electrons. The molecule has 3 N–H and O–H groups in total. The summed E-state index contributed by atoms with van der Waals surface area (Å²) in [6.45, 7) is 0. The molecule has 0 aliphatic carbocycles. The Kier molecular flexibility index (Phi) is 3.13. The van der Waals surface area contributed by atoms with E-state index in [1.807, 2.05) is 24.3 Å². The van der Waals surface area contributed by atoms with Crippen LogP contribution in [0.25, 0.3) is 0 Å². The van der Waals surface area contributed by atoms with Gasteiger partial charge in [-0.2, -0.15) is 0 Å². The van der Waals surface area contributed by atoms with Crippen LogP contribution in [-0.2, 0) is 0 Å². The van der Waals surface area contributed by atoms with Gasteiger partial charge in [0.05, 0.1) is 0 Å². The van der Waals surface area contributed by atoms with Crippen LogP contribution in [0.2, 0.25) is 5.02 Å². The van der Waals surface area contributed by atoms with Gasteiger partial charge in [-0.05, 0) is 23.8 Å². The van der Waals surface area contributed by atoms with Crippen LogP contribution in [-0.4, -0.2) is 5.11 Å². The van der Waals surface area contributed by atoms with Crippen LogP contribution < -0.4 is 5.73 Å². The molecule has 1 unspecified atom stereocenters. The molecule has 0 bridgehead atoms. The SMILES string of the molecule is Nc1cccc(C(O)c2ccccc2Cl)c1. The number of nitrogens with two attached hydrogens (primary N) is 1.